The van der Waals surface area contributed by atoms with E-state index in [2.05, 4.69) is 15.1 Å². The van der Waals surface area contributed by atoms with E-state index in [0.29, 0.717) is 31.7 Å². The second kappa shape index (κ2) is 8.94. The second-order valence-corrected chi connectivity index (χ2v) is 6.99. The van der Waals surface area contributed by atoms with Gasteiger partial charge in [0.15, 0.2) is 0 Å². The van der Waals surface area contributed by atoms with Gasteiger partial charge in [0.1, 0.15) is 0 Å². The molecular formula is C19H28N4O4. The fraction of sp³-hybridized carbons (Fsp3) is 0.579. The number of nitrogens with zero attached hydrogens (tertiary/aromatic N) is 3. The van der Waals surface area contributed by atoms with Gasteiger partial charge in [-0.3, -0.25) is 0 Å². The number of carbonyl (C=O) groups is 2. The third-order valence-corrected chi connectivity index (χ3v) is 5.21. The summed E-state index contributed by atoms with van der Waals surface area (Å²) in [4.78, 5) is 29.1. The van der Waals surface area contributed by atoms with Crippen molar-refractivity contribution < 1.29 is 19.4 Å². The molecule has 0 saturated carbocycles. The number of carboxylic acid groups (broad SMARTS) is 1. The van der Waals surface area contributed by atoms with Crippen molar-refractivity contribution in [2.24, 2.45) is 0 Å². The maximum absolute atomic E-state index is 12.1. The molecule has 0 radical (unpaired) electrons. The minimum Gasteiger partial charge on any atom is -0.465 e. The molecule has 0 unspecified atom stereocenters. The van der Waals surface area contributed by atoms with Crippen LogP contribution >= 0.6 is 0 Å². The number of esters is 1. The van der Waals surface area contributed by atoms with E-state index in [1.165, 1.54) is 24.9 Å². The average Bonchev–Trinajstić information content (AvgIpc) is 3.20. The summed E-state index contributed by atoms with van der Waals surface area (Å²) in [5.41, 5.74) is 2.29. The quantitative estimate of drug-likeness (QED) is 0.732. The number of hydrogen-bond donors (Lipinski definition) is 2. The maximum Gasteiger partial charge on any atom is 0.407 e. The summed E-state index contributed by atoms with van der Waals surface area (Å²) in [6.45, 7) is 6.22. The second-order valence-electron chi connectivity index (χ2n) is 6.99. The van der Waals surface area contributed by atoms with Gasteiger partial charge in [-0.15, -0.1) is 0 Å². The Morgan fingerprint density at radius 2 is 1.78 bits per heavy atom. The van der Waals surface area contributed by atoms with Gasteiger partial charge >= 0.3 is 12.1 Å². The minimum absolute atomic E-state index is 0.372. The summed E-state index contributed by atoms with van der Waals surface area (Å²) in [7, 11) is 1.38. The van der Waals surface area contributed by atoms with Crippen molar-refractivity contribution in [1.29, 1.82) is 0 Å². The van der Waals surface area contributed by atoms with E-state index in [4.69, 9.17) is 9.84 Å². The molecule has 2 aliphatic heterocycles. The lowest BCUT2D eigenvalue weighted by molar-refractivity contribution is 0.0600. The van der Waals surface area contributed by atoms with Crippen molar-refractivity contribution >= 4 is 23.4 Å². The Bertz CT molecular complexity index is 668. The molecule has 2 heterocycles. The Hall–Kier alpha value is -2.48. The highest BCUT2D eigenvalue weighted by Gasteiger charge is 2.22. The third kappa shape index (κ3) is 5.03. The molecule has 148 valence electrons. The highest BCUT2D eigenvalue weighted by atomic mass is 16.5. The van der Waals surface area contributed by atoms with Crippen LogP contribution in [-0.2, 0) is 4.74 Å². The average molecular weight is 376 g/mol. The van der Waals surface area contributed by atoms with Gasteiger partial charge in [0.2, 0.25) is 0 Å². The van der Waals surface area contributed by atoms with Crippen LogP contribution in [0.15, 0.2) is 18.2 Å². The predicted octanol–water partition coefficient (Wildman–Crippen LogP) is 1.78. The Morgan fingerprint density at radius 1 is 1.07 bits per heavy atom. The van der Waals surface area contributed by atoms with Crippen molar-refractivity contribution in [3.8, 4) is 0 Å². The fourth-order valence-corrected chi connectivity index (χ4v) is 3.65. The summed E-state index contributed by atoms with van der Waals surface area (Å²) in [5.74, 6) is -0.372. The van der Waals surface area contributed by atoms with Gasteiger partial charge in [-0.2, -0.15) is 0 Å². The number of carbonyl (C=O) groups excluding carboxylic acids is 1. The van der Waals surface area contributed by atoms with Gasteiger partial charge in [-0.1, -0.05) is 0 Å². The summed E-state index contributed by atoms with van der Waals surface area (Å²) < 4.78 is 4.89. The number of hydrogen-bond acceptors (Lipinski definition) is 6. The summed E-state index contributed by atoms with van der Waals surface area (Å²) in [5, 5.41) is 12.5. The molecule has 1 amide bonds. The first-order valence-corrected chi connectivity index (χ1v) is 9.49. The topological polar surface area (TPSA) is 85.4 Å². The van der Waals surface area contributed by atoms with E-state index in [1.807, 2.05) is 18.2 Å². The molecule has 8 heteroatoms. The molecule has 2 saturated heterocycles. The highest BCUT2D eigenvalue weighted by molar-refractivity contribution is 5.92. The zero-order valence-electron chi connectivity index (χ0n) is 15.8. The van der Waals surface area contributed by atoms with Crippen molar-refractivity contribution in [1.82, 2.24) is 9.80 Å². The van der Waals surface area contributed by atoms with Gasteiger partial charge in [0, 0.05) is 50.6 Å². The maximum atomic E-state index is 12.1. The van der Waals surface area contributed by atoms with Crippen molar-refractivity contribution in [3.63, 3.8) is 0 Å². The Morgan fingerprint density at radius 3 is 2.41 bits per heavy atom. The van der Waals surface area contributed by atoms with Gasteiger partial charge < -0.3 is 29.9 Å². The largest absolute Gasteiger partial charge is 0.465 e. The molecule has 2 N–H and O–H groups in total. The Balaban J connectivity index is 1.68. The van der Waals surface area contributed by atoms with Crippen LogP contribution in [0.2, 0.25) is 0 Å². The molecular weight excluding hydrogens is 348 g/mol. The number of anilines is 2. The van der Waals surface area contributed by atoms with E-state index >= 15 is 0 Å². The summed E-state index contributed by atoms with van der Waals surface area (Å²) >= 11 is 0. The minimum atomic E-state index is -0.887. The molecule has 0 aliphatic carbocycles. The number of benzene rings is 1. The van der Waals surface area contributed by atoms with Crippen molar-refractivity contribution in [3.05, 3.63) is 23.8 Å². The first-order valence-electron chi connectivity index (χ1n) is 9.49. The van der Waals surface area contributed by atoms with Crippen LogP contribution in [0.5, 0.6) is 0 Å². The van der Waals surface area contributed by atoms with Gasteiger partial charge in [-0.25, -0.2) is 9.59 Å². The molecule has 8 nitrogen and oxygen atoms in total. The highest BCUT2D eigenvalue weighted by Crippen LogP contribution is 2.24. The van der Waals surface area contributed by atoms with Crippen LogP contribution in [0.1, 0.15) is 23.2 Å². The van der Waals surface area contributed by atoms with E-state index in [-0.39, 0.29) is 5.97 Å². The molecule has 0 atom stereocenters. The molecule has 3 rings (SSSR count). The molecule has 0 bridgehead atoms. The smallest absolute Gasteiger partial charge is 0.407 e. The predicted molar refractivity (Wildman–Crippen MR) is 104 cm³/mol. The van der Waals surface area contributed by atoms with E-state index in [9.17, 15) is 9.59 Å². The van der Waals surface area contributed by atoms with Crippen molar-refractivity contribution in [2.75, 3.05) is 69.7 Å². The Kier molecular flexibility index (Phi) is 6.39. The standard InChI is InChI=1S/C19H28N4O4/c1-27-18(24)15-12-16(20-4-7-21-5-2-3-6-21)14-17(13-15)22-8-10-23(11-9-22)19(25)26/h12-14,20H,2-11H2,1H3,(H,25,26). The molecule has 0 aromatic heterocycles. The normalized spacial score (nSPS) is 17.8. The van der Waals surface area contributed by atoms with Crippen LogP contribution in [0, 0.1) is 0 Å². The van der Waals surface area contributed by atoms with Gasteiger partial charge in [0.25, 0.3) is 0 Å². The monoisotopic (exact) mass is 376 g/mol. The molecule has 1 aromatic rings. The lowest BCUT2D eigenvalue weighted by atomic mass is 10.1. The SMILES string of the molecule is COC(=O)c1cc(NCCN2CCCC2)cc(N2CCN(C(=O)O)CC2)c1. The number of nitrogens with one attached hydrogen (secondary N) is 1. The van der Waals surface area contributed by atoms with E-state index in [0.717, 1.165) is 37.6 Å². The van der Waals surface area contributed by atoms with Crippen LogP contribution in [-0.4, -0.2) is 86.4 Å². The van der Waals surface area contributed by atoms with E-state index < -0.39 is 6.09 Å². The molecule has 0 spiro atoms. The van der Waals surface area contributed by atoms with Crippen LogP contribution < -0.4 is 10.2 Å². The molecule has 2 aliphatic rings. The lowest BCUT2D eigenvalue weighted by Gasteiger charge is -2.35. The first-order chi connectivity index (χ1) is 13.1. The molecule has 1 aromatic carbocycles. The van der Waals surface area contributed by atoms with E-state index in [1.54, 1.807) is 0 Å². The molecule has 27 heavy (non-hydrogen) atoms. The van der Waals surface area contributed by atoms with Gasteiger partial charge in [-0.05, 0) is 44.1 Å². The summed E-state index contributed by atoms with van der Waals surface area (Å²) in [6.07, 6.45) is 1.65. The van der Waals surface area contributed by atoms with Crippen LogP contribution in [0.3, 0.4) is 0 Å². The van der Waals surface area contributed by atoms with Crippen LogP contribution in [0.4, 0.5) is 16.2 Å². The first kappa shape index (κ1) is 19.3. The molecule has 2 fully saturated rings. The fourth-order valence-electron chi connectivity index (χ4n) is 3.65. The van der Waals surface area contributed by atoms with Crippen molar-refractivity contribution in [2.45, 2.75) is 12.8 Å². The summed E-state index contributed by atoms with van der Waals surface area (Å²) in [6, 6.07) is 5.65. The number of rotatable bonds is 6. The zero-order valence-corrected chi connectivity index (χ0v) is 15.8. The van der Waals surface area contributed by atoms with Gasteiger partial charge in [0.05, 0.1) is 12.7 Å². The number of piperazine rings is 1. The number of likely N-dealkylation sites (tertiary alicyclic amines) is 1. The number of methoxy groups -OCH3 is 1. The lowest BCUT2D eigenvalue weighted by Crippen LogP contribution is -2.48. The third-order valence-electron chi connectivity index (χ3n) is 5.21. The number of ether oxygens (including phenoxy) is 1. The Labute approximate surface area is 159 Å². The van der Waals surface area contributed by atoms with Crippen LogP contribution in [0.25, 0.3) is 0 Å². The number of amides is 1. The zero-order chi connectivity index (χ0) is 19.2.